The predicted molar refractivity (Wildman–Crippen MR) is 62.1 cm³/mol. The van der Waals surface area contributed by atoms with Gasteiger partial charge in [0.05, 0.1) is 15.1 Å². The molecule has 0 bridgehead atoms. The van der Waals surface area contributed by atoms with Crippen LogP contribution in [0.25, 0.3) is 0 Å². The van der Waals surface area contributed by atoms with Gasteiger partial charge in [0.15, 0.2) is 0 Å². The quantitative estimate of drug-likeness (QED) is 0.796. The van der Waals surface area contributed by atoms with Crippen LogP contribution in [0.2, 0.25) is 5.02 Å². The summed E-state index contributed by atoms with van der Waals surface area (Å²) in [6.07, 6.45) is 5.24. The van der Waals surface area contributed by atoms with E-state index in [1.54, 1.807) is 6.20 Å². The van der Waals surface area contributed by atoms with E-state index in [4.69, 9.17) is 11.6 Å². The van der Waals surface area contributed by atoms with Crippen LogP contribution in [0, 0.1) is 0 Å². The van der Waals surface area contributed by atoms with Gasteiger partial charge in [-0.2, -0.15) is 0 Å². The van der Waals surface area contributed by atoms with Crippen molar-refractivity contribution in [2.75, 3.05) is 13.1 Å². The highest BCUT2D eigenvalue weighted by atomic mass is 79.9. The van der Waals surface area contributed by atoms with Gasteiger partial charge in [0.2, 0.25) is 0 Å². The fourth-order valence-electron chi connectivity index (χ4n) is 1.69. The molecule has 0 radical (unpaired) electrons. The fraction of sp³-hybridized carbons (Fsp3) is 0.400. The van der Waals surface area contributed by atoms with Crippen molar-refractivity contribution in [3.05, 3.63) is 27.5 Å². The number of likely N-dealkylation sites (tertiary alicyclic amines) is 1. The summed E-state index contributed by atoms with van der Waals surface area (Å²) in [4.78, 5) is 17.8. The average Bonchev–Trinajstić information content (AvgIpc) is 2.69. The van der Waals surface area contributed by atoms with E-state index in [9.17, 15) is 4.79 Å². The van der Waals surface area contributed by atoms with Crippen molar-refractivity contribution in [1.29, 1.82) is 0 Å². The second kappa shape index (κ2) is 4.49. The first-order chi connectivity index (χ1) is 7.20. The van der Waals surface area contributed by atoms with Crippen molar-refractivity contribution in [3.63, 3.8) is 0 Å². The van der Waals surface area contributed by atoms with Crippen molar-refractivity contribution in [2.45, 2.75) is 12.8 Å². The van der Waals surface area contributed by atoms with Crippen LogP contribution < -0.4 is 0 Å². The molecule has 1 aliphatic heterocycles. The molecular formula is C10H10BrClN2O. The Morgan fingerprint density at radius 3 is 2.67 bits per heavy atom. The first-order valence-corrected chi connectivity index (χ1v) is 5.95. The Hall–Kier alpha value is -0.610. The van der Waals surface area contributed by atoms with Crippen LogP contribution in [0.15, 0.2) is 16.9 Å². The van der Waals surface area contributed by atoms with E-state index in [2.05, 4.69) is 20.9 Å². The molecule has 0 spiro atoms. The topological polar surface area (TPSA) is 33.2 Å². The van der Waals surface area contributed by atoms with Gasteiger partial charge >= 0.3 is 0 Å². The molecule has 1 amide bonds. The van der Waals surface area contributed by atoms with Crippen molar-refractivity contribution >= 4 is 33.4 Å². The third kappa shape index (κ3) is 2.16. The van der Waals surface area contributed by atoms with E-state index in [0.717, 1.165) is 25.9 Å². The Bertz CT molecular complexity index is 371. The predicted octanol–water partition coefficient (Wildman–Crippen LogP) is 2.73. The maximum absolute atomic E-state index is 12.1. The maximum atomic E-state index is 12.1. The second-order valence-electron chi connectivity index (χ2n) is 3.48. The number of halogens is 2. The molecule has 2 rings (SSSR count). The monoisotopic (exact) mass is 288 g/mol. The Morgan fingerprint density at radius 1 is 1.40 bits per heavy atom. The van der Waals surface area contributed by atoms with E-state index < -0.39 is 0 Å². The molecule has 0 atom stereocenters. The minimum Gasteiger partial charge on any atom is -0.339 e. The molecule has 0 aromatic carbocycles. The van der Waals surface area contributed by atoms with E-state index in [1.807, 2.05) is 4.90 Å². The number of hydrogen-bond donors (Lipinski definition) is 0. The second-order valence-corrected chi connectivity index (χ2v) is 4.74. The van der Waals surface area contributed by atoms with Gasteiger partial charge in [0.25, 0.3) is 5.91 Å². The van der Waals surface area contributed by atoms with E-state index in [1.165, 1.54) is 6.20 Å². The molecule has 1 aliphatic rings. The molecule has 2 heterocycles. The first-order valence-electron chi connectivity index (χ1n) is 4.78. The summed E-state index contributed by atoms with van der Waals surface area (Å²) >= 11 is 9.26. The molecular weight excluding hydrogens is 279 g/mol. The summed E-state index contributed by atoms with van der Waals surface area (Å²) in [7, 11) is 0. The van der Waals surface area contributed by atoms with Gasteiger partial charge < -0.3 is 4.90 Å². The fourth-order valence-corrected chi connectivity index (χ4v) is 2.55. The lowest BCUT2D eigenvalue weighted by molar-refractivity contribution is 0.0792. The molecule has 1 aromatic rings. The van der Waals surface area contributed by atoms with E-state index in [0.29, 0.717) is 15.1 Å². The zero-order valence-corrected chi connectivity index (χ0v) is 10.4. The third-order valence-corrected chi connectivity index (χ3v) is 3.35. The van der Waals surface area contributed by atoms with Crippen LogP contribution in [0.5, 0.6) is 0 Å². The minimum absolute atomic E-state index is 0.00762. The highest BCUT2D eigenvalue weighted by molar-refractivity contribution is 9.10. The lowest BCUT2D eigenvalue weighted by atomic mass is 10.2. The number of carbonyl (C=O) groups excluding carboxylic acids is 1. The SMILES string of the molecule is O=C(c1c(Cl)cncc1Br)N1CCCC1. The van der Waals surface area contributed by atoms with E-state index in [-0.39, 0.29) is 5.91 Å². The van der Waals surface area contributed by atoms with Crippen LogP contribution in [0.1, 0.15) is 23.2 Å². The summed E-state index contributed by atoms with van der Waals surface area (Å²) in [6, 6.07) is 0. The Kier molecular flexibility index (Phi) is 3.26. The molecule has 80 valence electrons. The standard InChI is InChI=1S/C10H10BrClN2O/c11-7-5-13-6-8(12)9(7)10(15)14-3-1-2-4-14/h5-6H,1-4H2. The number of nitrogens with zero attached hydrogens (tertiary/aromatic N) is 2. The molecule has 1 saturated heterocycles. The number of amides is 1. The lowest BCUT2D eigenvalue weighted by Crippen LogP contribution is -2.28. The maximum Gasteiger partial charge on any atom is 0.256 e. The molecule has 3 nitrogen and oxygen atoms in total. The zero-order valence-electron chi connectivity index (χ0n) is 8.04. The van der Waals surface area contributed by atoms with Crippen LogP contribution in [0.4, 0.5) is 0 Å². The Balaban J connectivity index is 2.32. The molecule has 15 heavy (non-hydrogen) atoms. The summed E-state index contributed by atoms with van der Waals surface area (Å²) in [6.45, 7) is 1.65. The average molecular weight is 290 g/mol. The minimum atomic E-state index is -0.00762. The summed E-state index contributed by atoms with van der Waals surface area (Å²) in [5, 5.41) is 0.404. The van der Waals surface area contributed by atoms with Crippen LogP contribution >= 0.6 is 27.5 Å². The summed E-state index contributed by atoms with van der Waals surface area (Å²) in [5.41, 5.74) is 0.522. The molecule has 1 aromatic heterocycles. The number of aromatic nitrogens is 1. The smallest absolute Gasteiger partial charge is 0.256 e. The first kappa shape index (κ1) is 10.9. The highest BCUT2D eigenvalue weighted by Crippen LogP contribution is 2.26. The van der Waals surface area contributed by atoms with Crippen molar-refractivity contribution in [2.24, 2.45) is 0 Å². The van der Waals surface area contributed by atoms with Crippen LogP contribution in [-0.4, -0.2) is 28.9 Å². The Labute approximate surface area is 102 Å². The molecule has 5 heteroatoms. The lowest BCUT2D eigenvalue weighted by Gasteiger charge is -2.16. The largest absolute Gasteiger partial charge is 0.339 e. The number of rotatable bonds is 1. The van der Waals surface area contributed by atoms with Crippen molar-refractivity contribution in [3.8, 4) is 0 Å². The summed E-state index contributed by atoms with van der Waals surface area (Å²) < 4.78 is 0.659. The van der Waals surface area contributed by atoms with E-state index >= 15 is 0 Å². The number of pyridine rings is 1. The van der Waals surface area contributed by atoms with Gasteiger partial charge in [-0.3, -0.25) is 9.78 Å². The number of carbonyl (C=O) groups is 1. The van der Waals surface area contributed by atoms with Crippen molar-refractivity contribution < 1.29 is 4.79 Å². The normalized spacial score (nSPS) is 15.7. The van der Waals surface area contributed by atoms with Gasteiger partial charge in [-0.05, 0) is 28.8 Å². The Morgan fingerprint density at radius 2 is 2.07 bits per heavy atom. The van der Waals surface area contributed by atoms with Gasteiger partial charge in [0.1, 0.15) is 0 Å². The van der Waals surface area contributed by atoms with Crippen LogP contribution in [-0.2, 0) is 0 Å². The van der Waals surface area contributed by atoms with Gasteiger partial charge in [-0.1, -0.05) is 11.6 Å². The number of hydrogen-bond acceptors (Lipinski definition) is 2. The van der Waals surface area contributed by atoms with Crippen LogP contribution in [0.3, 0.4) is 0 Å². The molecule has 0 N–H and O–H groups in total. The molecule has 0 saturated carbocycles. The molecule has 0 aliphatic carbocycles. The van der Waals surface area contributed by atoms with Gasteiger partial charge in [0, 0.05) is 25.5 Å². The van der Waals surface area contributed by atoms with Crippen molar-refractivity contribution in [1.82, 2.24) is 9.88 Å². The highest BCUT2D eigenvalue weighted by Gasteiger charge is 2.23. The summed E-state index contributed by atoms with van der Waals surface area (Å²) in [5.74, 6) is -0.00762. The molecule has 1 fully saturated rings. The molecule has 0 unspecified atom stereocenters. The van der Waals surface area contributed by atoms with Gasteiger partial charge in [-0.25, -0.2) is 0 Å². The third-order valence-electron chi connectivity index (χ3n) is 2.46. The van der Waals surface area contributed by atoms with Gasteiger partial charge in [-0.15, -0.1) is 0 Å². The zero-order chi connectivity index (χ0) is 10.8.